The molecule has 0 bridgehead atoms. The topological polar surface area (TPSA) is 49.8 Å². The molecule has 0 aliphatic rings. The van der Waals surface area contributed by atoms with Gasteiger partial charge in [-0.05, 0) is 38.1 Å². The van der Waals surface area contributed by atoms with Crippen molar-refractivity contribution in [1.82, 2.24) is 4.90 Å². The summed E-state index contributed by atoms with van der Waals surface area (Å²) >= 11 is 0. The summed E-state index contributed by atoms with van der Waals surface area (Å²) in [4.78, 5) is 12.4. The van der Waals surface area contributed by atoms with Crippen LogP contribution in [0.4, 0.5) is 0 Å². The van der Waals surface area contributed by atoms with Gasteiger partial charge in [-0.1, -0.05) is 6.07 Å². The zero-order valence-electron chi connectivity index (χ0n) is 10.8. The number of aliphatic carboxylic acids is 1. The van der Waals surface area contributed by atoms with Gasteiger partial charge in [0, 0.05) is 12.1 Å². The van der Waals surface area contributed by atoms with Crippen molar-refractivity contribution < 1.29 is 14.6 Å². The molecule has 1 N–H and O–H groups in total. The first kappa shape index (κ1) is 13.5. The second-order valence-corrected chi connectivity index (χ2v) is 4.33. The average molecular weight is 237 g/mol. The first-order chi connectivity index (χ1) is 7.93. The van der Waals surface area contributed by atoms with E-state index in [4.69, 9.17) is 9.84 Å². The molecule has 4 nitrogen and oxygen atoms in total. The molecule has 0 amide bonds. The molecule has 1 aromatic rings. The lowest BCUT2D eigenvalue weighted by atomic mass is 10.0. The molecule has 94 valence electrons. The Morgan fingerprint density at radius 3 is 2.59 bits per heavy atom. The maximum absolute atomic E-state index is 10.6. The zero-order chi connectivity index (χ0) is 13.0. The van der Waals surface area contributed by atoms with E-state index in [1.54, 1.807) is 19.1 Å². The second kappa shape index (κ2) is 5.68. The summed E-state index contributed by atoms with van der Waals surface area (Å²) in [5, 5.41) is 8.73. The van der Waals surface area contributed by atoms with E-state index in [0.29, 0.717) is 6.54 Å². The van der Waals surface area contributed by atoms with Crippen LogP contribution in [0.15, 0.2) is 12.1 Å². The molecule has 0 heterocycles. The fraction of sp³-hybridized carbons (Fsp3) is 0.462. The summed E-state index contributed by atoms with van der Waals surface area (Å²) in [6.07, 6.45) is 0. The fourth-order valence-electron chi connectivity index (χ4n) is 1.90. The van der Waals surface area contributed by atoms with Gasteiger partial charge in [-0.25, -0.2) is 0 Å². The minimum Gasteiger partial charge on any atom is -0.496 e. The molecule has 1 rings (SSSR count). The average Bonchev–Trinajstić information content (AvgIpc) is 2.20. The Hall–Kier alpha value is -1.55. The number of hydrogen-bond acceptors (Lipinski definition) is 3. The summed E-state index contributed by atoms with van der Waals surface area (Å²) < 4.78 is 5.34. The fourth-order valence-corrected chi connectivity index (χ4v) is 1.90. The summed E-state index contributed by atoms with van der Waals surface area (Å²) in [7, 11) is 3.42. The van der Waals surface area contributed by atoms with Crippen LogP contribution in [-0.2, 0) is 11.3 Å². The van der Waals surface area contributed by atoms with Crippen molar-refractivity contribution in [2.24, 2.45) is 0 Å². The van der Waals surface area contributed by atoms with Gasteiger partial charge in [-0.3, -0.25) is 9.69 Å². The van der Waals surface area contributed by atoms with Crippen LogP contribution >= 0.6 is 0 Å². The number of methoxy groups -OCH3 is 1. The second-order valence-electron chi connectivity index (χ2n) is 4.33. The molecule has 0 saturated heterocycles. The van der Waals surface area contributed by atoms with Crippen molar-refractivity contribution in [2.75, 3.05) is 20.7 Å². The Morgan fingerprint density at radius 1 is 1.41 bits per heavy atom. The SMILES string of the molecule is COc1cc(C)cc(C)c1CN(C)CC(=O)O. The third-order valence-corrected chi connectivity index (χ3v) is 2.63. The summed E-state index contributed by atoms with van der Waals surface area (Å²) in [5.74, 6) is -0.00373. The third kappa shape index (κ3) is 3.75. The Morgan fingerprint density at radius 2 is 2.06 bits per heavy atom. The minimum atomic E-state index is -0.823. The van der Waals surface area contributed by atoms with E-state index in [9.17, 15) is 4.79 Å². The van der Waals surface area contributed by atoms with E-state index >= 15 is 0 Å². The minimum absolute atomic E-state index is 0.0243. The largest absolute Gasteiger partial charge is 0.496 e. The van der Waals surface area contributed by atoms with Gasteiger partial charge in [0.05, 0.1) is 13.7 Å². The number of carboxylic acids is 1. The molecule has 0 aliphatic heterocycles. The maximum Gasteiger partial charge on any atom is 0.317 e. The Balaban J connectivity index is 2.93. The lowest BCUT2D eigenvalue weighted by molar-refractivity contribution is -0.138. The van der Waals surface area contributed by atoms with Gasteiger partial charge in [0.25, 0.3) is 0 Å². The highest BCUT2D eigenvalue weighted by Crippen LogP contribution is 2.25. The van der Waals surface area contributed by atoms with Crippen LogP contribution in [0.5, 0.6) is 5.75 Å². The van der Waals surface area contributed by atoms with Crippen molar-refractivity contribution in [2.45, 2.75) is 20.4 Å². The number of nitrogens with zero attached hydrogens (tertiary/aromatic N) is 1. The molecule has 0 saturated carbocycles. The van der Waals surface area contributed by atoms with Crippen LogP contribution < -0.4 is 4.74 Å². The number of carboxylic acid groups (broad SMARTS) is 1. The number of hydrogen-bond donors (Lipinski definition) is 1. The Bertz CT molecular complexity index is 415. The number of ether oxygens (including phenoxy) is 1. The van der Waals surface area contributed by atoms with Gasteiger partial charge in [-0.2, -0.15) is 0 Å². The van der Waals surface area contributed by atoms with Crippen molar-refractivity contribution in [3.8, 4) is 5.75 Å². The summed E-state index contributed by atoms with van der Waals surface area (Å²) in [6, 6.07) is 4.05. The van der Waals surface area contributed by atoms with Gasteiger partial charge < -0.3 is 9.84 Å². The molecular formula is C13H19NO3. The van der Waals surface area contributed by atoms with Crippen LogP contribution in [0.1, 0.15) is 16.7 Å². The van der Waals surface area contributed by atoms with Gasteiger partial charge in [-0.15, -0.1) is 0 Å². The molecule has 0 aliphatic carbocycles. The third-order valence-electron chi connectivity index (χ3n) is 2.63. The first-order valence-corrected chi connectivity index (χ1v) is 5.48. The van der Waals surface area contributed by atoms with E-state index in [1.807, 2.05) is 19.9 Å². The molecule has 0 fully saturated rings. The van der Waals surface area contributed by atoms with Gasteiger partial charge >= 0.3 is 5.97 Å². The highest BCUT2D eigenvalue weighted by atomic mass is 16.5. The lowest BCUT2D eigenvalue weighted by Gasteiger charge is -2.18. The van der Waals surface area contributed by atoms with Crippen LogP contribution in [0.2, 0.25) is 0 Å². The number of aryl methyl sites for hydroxylation is 2. The molecule has 0 aromatic heterocycles. The van der Waals surface area contributed by atoms with Crippen molar-refractivity contribution in [1.29, 1.82) is 0 Å². The predicted molar refractivity (Wildman–Crippen MR) is 66.4 cm³/mol. The van der Waals surface area contributed by atoms with Crippen molar-refractivity contribution >= 4 is 5.97 Å². The molecular weight excluding hydrogens is 218 g/mol. The highest BCUT2D eigenvalue weighted by molar-refractivity contribution is 5.69. The summed E-state index contributed by atoms with van der Waals surface area (Å²) in [6.45, 7) is 4.62. The molecule has 17 heavy (non-hydrogen) atoms. The maximum atomic E-state index is 10.6. The molecule has 0 atom stereocenters. The number of rotatable bonds is 5. The van der Waals surface area contributed by atoms with Gasteiger partial charge in [0.2, 0.25) is 0 Å². The van der Waals surface area contributed by atoms with E-state index in [2.05, 4.69) is 6.07 Å². The summed E-state index contributed by atoms with van der Waals surface area (Å²) in [5.41, 5.74) is 3.31. The van der Waals surface area contributed by atoms with Gasteiger partial charge in [0.15, 0.2) is 0 Å². The molecule has 0 unspecified atom stereocenters. The van der Waals surface area contributed by atoms with E-state index in [1.165, 1.54) is 0 Å². The zero-order valence-corrected chi connectivity index (χ0v) is 10.8. The van der Waals surface area contributed by atoms with Gasteiger partial charge in [0.1, 0.15) is 5.75 Å². The number of benzene rings is 1. The highest BCUT2D eigenvalue weighted by Gasteiger charge is 2.12. The molecule has 0 radical (unpaired) electrons. The van der Waals surface area contributed by atoms with E-state index in [-0.39, 0.29) is 6.54 Å². The van der Waals surface area contributed by atoms with Crippen LogP contribution in [0.25, 0.3) is 0 Å². The number of likely N-dealkylation sites (N-methyl/N-ethyl adjacent to an activating group) is 1. The normalized spacial score (nSPS) is 10.6. The van der Waals surface area contributed by atoms with Crippen LogP contribution in [-0.4, -0.2) is 36.7 Å². The molecule has 0 spiro atoms. The lowest BCUT2D eigenvalue weighted by Crippen LogP contribution is -2.25. The molecule has 4 heteroatoms. The monoisotopic (exact) mass is 237 g/mol. The van der Waals surface area contributed by atoms with E-state index in [0.717, 1.165) is 22.4 Å². The Labute approximate surface area is 102 Å². The van der Waals surface area contributed by atoms with Crippen molar-refractivity contribution in [3.05, 3.63) is 28.8 Å². The first-order valence-electron chi connectivity index (χ1n) is 5.48. The van der Waals surface area contributed by atoms with Crippen molar-refractivity contribution in [3.63, 3.8) is 0 Å². The predicted octanol–water partition coefficient (Wildman–Crippen LogP) is 1.83. The van der Waals surface area contributed by atoms with Crippen LogP contribution in [0.3, 0.4) is 0 Å². The van der Waals surface area contributed by atoms with Crippen LogP contribution in [0, 0.1) is 13.8 Å². The standard InChI is InChI=1S/C13H19NO3/c1-9-5-10(2)11(12(6-9)17-4)7-14(3)8-13(15)16/h5-6H,7-8H2,1-4H3,(H,15,16). The quantitative estimate of drug-likeness (QED) is 0.848. The van der Waals surface area contributed by atoms with E-state index < -0.39 is 5.97 Å². The molecule has 1 aromatic carbocycles. The Kier molecular flexibility index (Phi) is 4.52. The smallest absolute Gasteiger partial charge is 0.317 e. The number of carbonyl (C=O) groups is 1.